The predicted octanol–water partition coefficient (Wildman–Crippen LogP) is 9.29. The van der Waals surface area contributed by atoms with E-state index in [9.17, 15) is 13.6 Å². The number of ketones is 1. The van der Waals surface area contributed by atoms with Crippen LogP contribution in [0.25, 0.3) is 0 Å². The predicted molar refractivity (Wildman–Crippen MR) is 153 cm³/mol. The fraction of sp³-hybridized carbons (Fsp3) is 0.367. The van der Waals surface area contributed by atoms with Crippen LogP contribution in [0.3, 0.4) is 0 Å². The summed E-state index contributed by atoms with van der Waals surface area (Å²) >= 11 is 6.49. The molecule has 0 aliphatic rings. The van der Waals surface area contributed by atoms with Crippen LogP contribution in [0.4, 0.5) is 20.2 Å². The molecule has 8 heteroatoms. The minimum Gasteiger partial charge on any atom is -0.496 e. The molecule has 1 N–H and O–H groups in total. The van der Waals surface area contributed by atoms with E-state index in [-0.39, 0.29) is 22.1 Å². The van der Waals surface area contributed by atoms with E-state index in [2.05, 4.69) is 46.9 Å². The summed E-state index contributed by atoms with van der Waals surface area (Å²) in [7, 11) is -0.571. The number of nitrogens with one attached hydrogen (secondary N) is 1. The molecule has 0 saturated heterocycles. The Bertz CT molecular complexity index is 1270. The Morgan fingerprint density at radius 1 is 0.895 bits per heavy atom. The van der Waals surface area contributed by atoms with Crippen LogP contribution in [0.5, 0.6) is 5.75 Å². The summed E-state index contributed by atoms with van der Waals surface area (Å²) in [6.07, 6.45) is 0. The Kier molecular flexibility index (Phi) is 9.73. The highest BCUT2D eigenvalue weighted by Gasteiger charge is 2.45. The fourth-order valence-electron chi connectivity index (χ4n) is 5.40. The molecule has 0 fully saturated rings. The lowest BCUT2D eigenvalue weighted by molar-refractivity contribution is 0.103. The van der Waals surface area contributed by atoms with Crippen LogP contribution in [0.2, 0.25) is 21.6 Å². The van der Waals surface area contributed by atoms with Crippen LogP contribution >= 0.6 is 11.6 Å². The molecule has 3 rings (SSSR count). The maximum atomic E-state index is 14.0. The maximum Gasteiger partial charge on any atom is 0.200 e. The minimum atomic E-state index is -2.09. The van der Waals surface area contributed by atoms with Gasteiger partial charge in [-0.05, 0) is 64.7 Å². The number of benzene rings is 3. The van der Waals surface area contributed by atoms with Gasteiger partial charge in [0, 0.05) is 17.3 Å². The first kappa shape index (κ1) is 29.8. The third kappa shape index (κ3) is 6.28. The molecule has 0 radical (unpaired) electrons. The largest absolute Gasteiger partial charge is 0.496 e. The van der Waals surface area contributed by atoms with Gasteiger partial charge in [-0.25, -0.2) is 8.78 Å². The summed E-state index contributed by atoms with van der Waals surface area (Å²) in [5.74, 6) is -1.26. The van der Waals surface area contributed by atoms with Crippen molar-refractivity contribution in [2.75, 3.05) is 12.4 Å². The number of carbonyl (C=O) groups is 1. The SMILES string of the molecule is COc1ccc(CO[Si](C(C)C)(C(C)C)C(C)C)cc1C(=O)c1ccc(Nc2ccc(F)cc2F)cc1Cl. The second-order valence-corrected chi connectivity index (χ2v) is 16.3. The normalized spacial score (nSPS) is 11.9. The number of hydrogen-bond acceptors (Lipinski definition) is 4. The van der Waals surface area contributed by atoms with Gasteiger partial charge in [-0.15, -0.1) is 0 Å². The highest BCUT2D eigenvalue weighted by molar-refractivity contribution is 6.77. The van der Waals surface area contributed by atoms with E-state index in [0.717, 1.165) is 17.7 Å². The van der Waals surface area contributed by atoms with Gasteiger partial charge in [0.05, 0.1) is 30.0 Å². The zero-order valence-electron chi connectivity index (χ0n) is 23.0. The van der Waals surface area contributed by atoms with Gasteiger partial charge in [0.2, 0.25) is 8.32 Å². The molecular formula is C30H36ClF2NO3Si. The standard InChI is InChI=1S/C30H36ClF2NO3Si/c1-18(2)38(19(3)4,20(5)6)37-17-21-8-13-29(36-7)25(14-21)30(35)24-11-10-23(16-26(24)31)34-28-12-9-22(32)15-27(28)33/h8-16,18-20,34H,17H2,1-7H3. The quantitative estimate of drug-likeness (QED) is 0.188. The molecule has 0 aliphatic heterocycles. The molecule has 0 bridgehead atoms. The first-order valence-corrected chi connectivity index (χ1v) is 15.3. The van der Waals surface area contributed by atoms with Gasteiger partial charge in [0.25, 0.3) is 0 Å². The van der Waals surface area contributed by atoms with Crippen molar-refractivity contribution in [3.05, 3.63) is 87.9 Å². The highest BCUT2D eigenvalue weighted by Crippen LogP contribution is 2.43. The zero-order valence-corrected chi connectivity index (χ0v) is 24.7. The van der Waals surface area contributed by atoms with E-state index in [1.165, 1.54) is 19.2 Å². The summed E-state index contributed by atoms with van der Waals surface area (Å²) in [6, 6.07) is 13.5. The molecule has 0 saturated carbocycles. The number of anilines is 2. The lowest BCUT2D eigenvalue weighted by Gasteiger charge is -2.42. The molecule has 0 heterocycles. The Morgan fingerprint density at radius 3 is 2.11 bits per heavy atom. The number of rotatable bonds is 11. The van der Waals surface area contributed by atoms with Gasteiger partial charge < -0.3 is 14.5 Å². The molecule has 3 aromatic carbocycles. The first-order chi connectivity index (χ1) is 17.9. The van der Waals surface area contributed by atoms with Crippen LogP contribution in [-0.2, 0) is 11.0 Å². The van der Waals surface area contributed by atoms with Crippen LogP contribution < -0.4 is 10.1 Å². The van der Waals surface area contributed by atoms with Crippen LogP contribution in [0.1, 0.15) is 63.0 Å². The van der Waals surface area contributed by atoms with E-state index in [0.29, 0.717) is 40.2 Å². The average molecular weight is 560 g/mol. The molecule has 3 aromatic rings. The summed E-state index contributed by atoms with van der Waals surface area (Å²) in [6.45, 7) is 13.8. The minimum absolute atomic E-state index is 0.0970. The molecule has 0 atom stereocenters. The summed E-state index contributed by atoms with van der Waals surface area (Å²) in [5.41, 5.74) is 3.43. The Morgan fingerprint density at radius 2 is 1.55 bits per heavy atom. The fourth-order valence-corrected chi connectivity index (χ4v) is 11.1. The van der Waals surface area contributed by atoms with E-state index in [1.807, 2.05) is 6.07 Å². The molecule has 0 aromatic heterocycles. The van der Waals surface area contributed by atoms with E-state index >= 15 is 0 Å². The topological polar surface area (TPSA) is 47.6 Å². The third-order valence-corrected chi connectivity index (χ3v) is 13.5. The maximum absolute atomic E-state index is 14.0. The van der Waals surface area contributed by atoms with Gasteiger partial charge in [-0.2, -0.15) is 0 Å². The summed E-state index contributed by atoms with van der Waals surface area (Å²) in [4.78, 5) is 13.6. The monoisotopic (exact) mass is 559 g/mol. The van der Waals surface area contributed by atoms with Gasteiger partial charge in [-0.1, -0.05) is 59.2 Å². The van der Waals surface area contributed by atoms with Crippen molar-refractivity contribution in [3.63, 3.8) is 0 Å². The molecule has 0 unspecified atom stereocenters. The molecule has 0 spiro atoms. The summed E-state index contributed by atoms with van der Waals surface area (Å²) in [5, 5.41) is 3.05. The Hall–Kier alpha value is -2.74. The van der Waals surface area contributed by atoms with E-state index < -0.39 is 20.0 Å². The van der Waals surface area contributed by atoms with E-state index in [4.69, 9.17) is 20.8 Å². The number of halogens is 3. The van der Waals surface area contributed by atoms with Crippen molar-refractivity contribution >= 4 is 37.1 Å². The molecule has 4 nitrogen and oxygen atoms in total. The molecule has 204 valence electrons. The van der Waals surface area contributed by atoms with Gasteiger partial charge >= 0.3 is 0 Å². The number of hydrogen-bond donors (Lipinski definition) is 1. The lowest BCUT2D eigenvalue weighted by atomic mass is 10.00. The average Bonchev–Trinajstić information content (AvgIpc) is 2.85. The smallest absolute Gasteiger partial charge is 0.200 e. The van der Waals surface area contributed by atoms with Gasteiger partial charge in [0.15, 0.2) is 5.78 Å². The van der Waals surface area contributed by atoms with Crippen molar-refractivity contribution in [2.24, 2.45) is 0 Å². The molecular weight excluding hydrogens is 524 g/mol. The van der Waals surface area contributed by atoms with Crippen LogP contribution in [0, 0.1) is 11.6 Å². The van der Waals surface area contributed by atoms with Gasteiger partial charge in [-0.3, -0.25) is 4.79 Å². The summed E-state index contributed by atoms with van der Waals surface area (Å²) < 4.78 is 39.5. The third-order valence-electron chi connectivity index (χ3n) is 7.13. The molecule has 0 aliphatic carbocycles. The van der Waals surface area contributed by atoms with Crippen LogP contribution in [-0.4, -0.2) is 21.2 Å². The number of ether oxygens (including phenoxy) is 1. The lowest BCUT2D eigenvalue weighted by Crippen LogP contribution is -2.47. The first-order valence-electron chi connectivity index (χ1n) is 12.8. The number of carbonyl (C=O) groups excluding carboxylic acids is 1. The van der Waals surface area contributed by atoms with Crippen molar-refractivity contribution in [2.45, 2.75) is 64.8 Å². The Labute approximate surface area is 230 Å². The molecule has 0 amide bonds. The van der Waals surface area contributed by atoms with Crippen molar-refractivity contribution in [1.29, 1.82) is 0 Å². The van der Waals surface area contributed by atoms with Gasteiger partial charge in [0.1, 0.15) is 17.4 Å². The highest BCUT2D eigenvalue weighted by atomic mass is 35.5. The van der Waals surface area contributed by atoms with Crippen molar-refractivity contribution < 1.29 is 22.7 Å². The van der Waals surface area contributed by atoms with Crippen LogP contribution in [0.15, 0.2) is 54.6 Å². The van der Waals surface area contributed by atoms with Crippen molar-refractivity contribution in [3.8, 4) is 5.75 Å². The number of methoxy groups -OCH3 is 1. The Balaban J connectivity index is 1.88. The molecule has 38 heavy (non-hydrogen) atoms. The van der Waals surface area contributed by atoms with Crippen molar-refractivity contribution in [1.82, 2.24) is 0 Å². The second kappa shape index (κ2) is 12.4. The zero-order chi connectivity index (χ0) is 28.2. The second-order valence-electron chi connectivity index (χ2n) is 10.4. The van der Waals surface area contributed by atoms with E-state index in [1.54, 1.807) is 24.3 Å².